The molecule has 102 valence electrons. The first-order valence-electron chi connectivity index (χ1n) is 7.11. The molecule has 0 aliphatic carbocycles. The van der Waals surface area contributed by atoms with E-state index in [9.17, 15) is 0 Å². The molecule has 0 aliphatic heterocycles. The molecular weight excluding hydrogens is 220 g/mol. The fourth-order valence-corrected chi connectivity index (χ4v) is 2.09. The van der Waals surface area contributed by atoms with E-state index in [2.05, 4.69) is 68.2 Å². The van der Waals surface area contributed by atoms with E-state index >= 15 is 0 Å². The first-order chi connectivity index (χ1) is 8.61. The molecule has 1 N–H and O–H groups in total. The van der Waals surface area contributed by atoms with Gasteiger partial charge in [-0.05, 0) is 24.6 Å². The Labute approximate surface area is 112 Å². The zero-order valence-electron chi connectivity index (χ0n) is 12.3. The zero-order chi connectivity index (χ0) is 13.4. The molecule has 0 saturated heterocycles. The van der Waals surface area contributed by atoms with E-state index in [1.54, 1.807) is 0 Å². The van der Waals surface area contributed by atoms with Crippen molar-refractivity contribution in [2.24, 2.45) is 5.92 Å². The predicted molar refractivity (Wildman–Crippen MR) is 79.7 cm³/mol. The second-order valence-corrected chi connectivity index (χ2v) is 5.48. The highest BCUT2D eigenvalue weighted by Crippen LogP contribution is 2.07. The first kappa shape index (κ1) is 15.2. The molecule has 2 heteroatoms. The lowest BCUT2D eigenvalue weighted by Gasteiger charge is -2.25. The molecule has 0 saturated carbocycles. The van der Waals surface area contributed by atoms with Gasteiger partial charge in [-0.15, -0.1) is 0 Å². The highest BCUT2D eigenvalue weighted by atomic mass is 15.1. The van der Waals surface area contributed by atoms with Crippen LogP contribution in [0, 0.1) is 5.92 Å². The molecule has 0 heterocycles. The minimum atomic E-state index is 0.580. The number of hydrogen-bond donors (Lipinski definition) is 1. The lowest BCUT2D eigenvalue weighted by molar-refractivity contribution is 0.236. The maximum atomic E-state index is 3.51. The quantitative estimate of drug-likeness (QED) is 0.760. The van der Waals surface area contributed by atoms with Gasteiger partial charge in [0.2, 0.25) is 0 Å². The smallest absolute Gasteiger partial charge is 0.0233 e. The third-order valence-corrected chi connectivity index (χ3v) is 3.14. The summed E-state index contributed by atoms with van der Waals surface area (Å²) in [6.07, 6.45) is 0. The van der Waals surface area contributed by atoms with Crippen molar-refractivity contribution in [2.75, 3.05) is 19.6 Å². The van der Waals surface area contributed by atoms with Gasteiger partial charge >= 0.3 is 0 Å². The molecular formula is C16H28N2. The van der Waals surface area contributed by atoms with Crippen molar-refractivity contribution in [1.29, 1.82) is 0 Å². The highest BCUT2D eigenvalue weighted by molar-refractivity contribution is 5.14. The Hall–Kier alpha value is -0.860. The molecule has 0 aliphatic rings. The van der Waals surface area contributed by atoms with Crippen LogP contribution in [0.4, 0.5) is 0 Å². The third kappa shape index (κ3) is 6.18. The van der Waals surface area contributed by atoms with Crippen molar-refractivity contribution < 1.29 is 0 Å². The van der Waals surface area contributed by atoms with Crippen molar-refractivity contribution in [3.05, 3.63) is 35.9 Å². The van der Waals surface area contributed by atoms with Crippen LogP contribution in [0.3, 0.4) is 0 Å². The van der Waals surface area contributed by atoms with Crippen LogP contribution in [0.2, 0.25) is 0 Å². The van der Waals surface area contributed by atoms with Gasteiger partial charge in [0.25, 0.3) is 0 Å². The van der Waals surface area contributed by atoms with Crippen LogP contribution >= 0.6 is 0 Å². The molecule has 0 spiro atoms. The summed E-state index contributed by atoms with van der Waals surface area (Å²) in [5.41, 5.74) is 1.41. The summed E-state index contributed by atoms with van der Waals surface area (Å²) in [7, 11) is 0. The predicted octanol–water partition coefficient (Wildman–Crippen LogP) is 3.14. The van der Waals surface area contributed by atoms with E-state index in [4.69, 9.17) is 0 Å². The summed E-state index contributed by atoms with van der Waals surface area (Å²) < 4.78 is 0. The van der Waals surface area contributed by atoms with Crippen molar-refractivity contribution in [3.63, 3.8) is 0 Å². The van der Waals surface area contributed by atoms with Gasteiger partial charge in [-0.2, -0.15) is 0 Å². The summed E-state index contributed by atoms with van der Waals surface area (Å²) in [5, 5.41) is 3.51. The van der Waals surface area contributed by atoms with E-state index in [0.29, 0.717) is 12.0 Å². The Kier molecular flexibility index (Phi) is 6.99. The van der Waals surface area contributed by atoms with Crippen molar-refractivity contribution >= 4 is 0 Å². The maximum Gasteiger partial charge on any atom is 0.0233 e. The average Bonchev–Trinajstić information content (AvgIpc) is 2.37. The van der Waals surface area contributed by atoms with E-state index < -0.39 is 0 Å². The summed E-state index contributed by atoms with van der Waals surface area (Å²) in [4.78, 5) is 2.52. The normalized spacial score (nSPS) is 13.2. The number of hydrogen-bond acceptors (Lipinski definition) is 2. The number of rotatable bonds is 8. The van der Waals surface area contributed by atoms with E-state index in [-0.39, 0.29) is 0 Å². The van der Waals surface area contributed by atoms with E-state index in [1.165, 1.54) is 5.56 Å². The summed E-state index contributed by atoms with van der Waals surface area (Å²) >= 11 is 0. The van der Waals surface area contributed by atoms with Crippen LogP contribution in [0.25, 0.3) is 0 Å². The molecule has 1 atom stereocenters. The third-order valence-electron chi connectivity index (χ3n) is 3.14. The van der Waals surface area contributed by atoms with Gasteiger partial charge in [0.05, 0.1) is 0 Å². The van der Waals surface area contributed by atoms with Crippen LogP contribution in [-0.4, -0.2) is 30.6 Å². The SMILES string of the molecule is CCN(Cc1ccccc1)CC(C)CNC(C)C. The van der Waals surface area contributed by atoms with Gasteiger partial charge in [-0.1, -0.05) is 58.0 Å². The van der Waals surface area contributed by atoms with E-state index in [1.807, 2.05) is 0 Å². The largest absolute Gasteiger partial charge is 0.314 e. The van der Waals surface area contributed by atoms with Crippen LogP contribution in [0.5, 0.6) is 0 Å². The zero-order valence-corrected chi connectivity index (χ0v) is 12.3. The summed E-state index contributed by atoms with van der Waals surface area (Å²) in [5.74, 6) is 0.691. The molecule has 18 heavy (non-hydrogen) atoms. The van der Waals surface area contributed by atoms with Crippen molar-refractivity contribution in [1.82, 2.24) is 10.2 Å². The topological polar surface area (TPSA) is 15.3 Å². The van der Waals surface area contributed by atoms with Gasteiger partial charge in [0.1, 0.15) is 0 Å². The molecule has 0 bridgehead atoms. The van der Waals surface area contributed by atoms with Crippen LogP contribution in [-0.2, 0) is 6.54 Å². The first-order valence-corrected chi connectivity index (χ1v) is 7.11. The van der Waals surface area contributed by atoms with Crippen molar-refractivity contribution in [2.45, 2.75) is 40.3 Å². The van der Waals surface area contributed by atoms with Crippen LogP contribution in [0.1, 0.15) is 33.3 Å². The Morgan fingerprint density at radius 3 is 2.33 bits per heavy atom. The second kappa shape index (κ2) is 8.28. The van der Waals surface area contributed by atoms with Crippen LogP contribution in [0.15, 0.2) is 30.3 Å². The Morgan fingerprint density at radius 1 is 1.11 bits per heavy atom. The molecule has 0 radical (unpaired) electrons. The van der Waals surface area contributed by atoms with Gasteiger partial charge in [-0.3, -0.25) is 4.90 Å². The van der Waals surface area contributed by atoms with Gasteiger partial charge in [0, 0.05) is 19.1 Å². The molecule has 0 amide bonds. The molecule has 0 aromatic heterocycles. The maximum absolute atomic E-state index is 3.51. The standard InChI is InChI=1S/C16H28N2/c1-5-18(12-15(4)11-17-14(2)3)13-16-9-7-6-8-10-16/h6-10,14-15,17H,5,11-13H2,1-4H3. The number of nitrogens with one attached hydrogen (secondary N) is 1. The second-order valence-electron chi connectivity index (χ2n) is 5.48. The molecule has 0 fully saturated rings. The minimum Gasteiger partial charge on any atom is -0.314 e. The molecule has 1 unspecified atom stereocenters. The molecule has 1 aromatic rings. The Balaban J connectivity index is 2.37. The Bertz CT molecular complexity index is 308. The lowest BCUT2D eigenvalue weighted by atomic mass is 10.1. The van der Waals surface area contributed by atoms with Crippen LogP contribution < -0.4 is 5.32 Å². The van der Waals surface area contributed by atoms with Gasteiger partial charge in [0.15, 0.2) is 0 Å². The summed E-state index contributed by atoms with van der Waals surface area (Å²) in [6, 6.07) is 11.3. The molecule has 2 nitrogen and oxygen atoms in total. The number of nitrogens with zero attached hydrogens (tertiary/aromatic N) is 1. The highest BCUT2D eigenvalue weighted by Gasteiger charge is 2.09. The summed E-state index contributed by atoms with van der Waals surface area (Å²) in [6.45, 7) is 13.4. The fraction of sp³-hybridized carbons (Fsp3) is 0.625. The number of benzene rings is 1. The fourth-order valence-electron chi connectivity index (χ4n) is 2.09. The van der Waals surface area contributed by atoms with E-state index in [0.717, 1.165) is 26.2 Å². The molecule has 1 rings (SSSR count). The Morgan fingerprint density at radius 2 is 1.78 bits per heavy atom. The van der Waals surface area contributed by atoms with Gasteiger partial charge in [-0.25, -0.2) is 0 Å². The molecule has 1 aromatic carbocycles. The lowest BCUT2D eigenvalue weighted by Crippen LogP contribution is -2.35. The van der Waals surface area contributed by atoms with Crippen molar-refractivity contribution in [3.8, 4) is 0 Å². The van der Waals surface area contributed by atoms with Gasteiger partial charge < -0.3 is 5.32 Å². The monoisotopic (exact) mass is 248 g/mol. The average molecular weight is 248 g/mol. The minimum absolute atomic E-state index is 0.580.